The van der Waals surface area contributed by atoms with Crippen molar-refractivity contribution in [3.63, 3.8) is 0 Å². The van der Waals surface area contributed by atoms with E-state index in [9.17, 15) is 8.42 Å². The van der Waals surface area contributed by atoms with Crippen LogP contribution in [0.1, 0.15) is 12.8 Å². The molecule has 0 bridgehead atoms. The summed E-state index contributed by atoms with van der Waals surface area (Å²) in [7, 11) is -2.79. The Bertz CT molecular complexity index is 274. The van der Waals surface area contributed by atoms with Crippen molar-refractivity contribution < 1.29 is 8.42 Å². The second kappa shape index (κ2) is 4.21. The van der Waals surface area contributed by atoms with E-state index < -0.39 is 9.84 Å². The van der Waals surface area contributed by atoms with Gasteiger partial charge >= 0.3 is 0 Å². The lowest BCUT2D eigenvalue weighted by atomic mass is 10.2. The molecule has 0 spiro atoms. The Morgan fingerprint density at radius 3 is 2.38 bits per heavy atom. The number of sulfone groups is 1. The summed E-state index contributed by atoms with van der Waals surface area (Å²) in [4.78, 5) is 0. The van der Waals surface area contributed by atoms with Gasteiger partial charge in [-0.1, -0.05) is 0 Å². The van der Waals surface area contributed by atoms with Gasteiger partial charge in [-0.05, 0) is 25.1 Å². The van der Waals surface area contributed by atoms with E-state index in [1.165, 1.54) is 0 Å². The van der Waals surface area contributed by atoms with E-state index >= 15 is 0 Å². The fourth-order valence-corrected chi connectivity index (χ4v) is 2.92. The lowest BCUT2D eigenvalue weighted by Gasteiger charge is -2.23. The van der Waals surface area contributed by atoms with Crippen LogP contribution in [-0.4, -0.2) is 31.1 Å². The standard InChI is InChI=1S/C6H13N3O2S2/c7-9-6(12)8-5-1-3-13(10,11)4-2-5/h5H,1-4,7H2,(H2,8,9,12). The highest BCUT2D eigenvalue weighted by Crippen LogP contribution is 2.11. The second-order valence-electron chi connectivity index (χ2n) is 3.04. The highest BCUT2D eigenvalue weighted by atomic mass is 32.2. The molecule has 1 aliphatic heterocycles. The average Bonchev–Trinajstić information content (AvgIpc) is 2.08. The van der Waals surface area contributed by atoms with Crippen molar-refractivity contribution in [1.82, 2.24) is 10.7 Å². The molecule has 0 aromatic heterocycles. The molecule has 0 radical (unpaired) electrons. The third-order valence-corrected chi connectivity index (χ3v) is 3.97. The zero-order chi connectivity index (χ0) is 9.90. The quantitative estimate of drug-likeness (QED) is 0.297. The van der Waals surface area contributed by atoms with Gasteiger partial charge in [-0.15, -0.1) is 0 Å². The number of rotatable bonds is 1. The van der Waals surface area contributed by atoms with Crippen molar-refractivity contribution in [1.29, 1.82) is 0 Å². The largest absolute Gasteiger partial charge is 0.359 e. The molecule has 76 valence electrons. The first-order valence-corrected chi connectivity index (χ1v) is 6.24. The molecule has 0 atom stereocenters. The molecule has 0 aromatic carbocycles. The Morgan fingerprint density at radius 2 is 1.92 bits per heavy atom. The van der Waals surface area contributed by atoms with E-state index in [-0.39, 0.29) is 17.5 Å². The van der Waals surface area contributed by atoms with Crippen LogP contribution in [-0.2, 0) is 9.84 Å². The molecule has 0 aromatic rings. The number of nitrogens with one attached hydrogen (secondary N) is 2. The van der Waals surface area contributed by atoms with Crippen molar-refractivity contribution in [2.75, 3.05) is 11.5 Å². The van der Waals surface area contributed by atoms with Gasteiger partial charge in [0, 0.05) is 6.04 Å². The van der Waals surface area contributed by atoms with Gasteiger partial charge < -0.3 is 10.7 Å². The predicted molar refractivity (Wildman–Crippen MR) is 54.7 cm³/mol. The Labute approximate surface area is 83.0 Å². The summed E-state index contributed by atoms with van der Waals surface area (Å²) in [5.74, 6) is 5.54. The SMILES string of the molecule is NNC(=S)NC1CCS(=O)(=O)CC1. The topological polar surface area (TPSA) is 84.2 Å². The van der Waals surface area contributed by atoms with Gasteiger partial charge in [-0.2, -0.15) is 0 Å². The Balaban J connectivity index is 2.38. The van der Waals surface area contributed by atoms with Crippen molar-refractivity contribution in [2.45, 2.75) is 18.9 Å². The first-order valence-electron chi connectivity index (χ1n) is 4.01. The van der Waals surface area contributed by atoms with Crippen LogP contribution in [0.4, 0.5) is 0 Å². The van der Waals surface area contributed by atoms with Gasteiger partial charge in [0.1, 0.15) is 9.84 Å². The van der Waals surface area contributed by atoms with Gasteiger partial charge in [-0.25, -0.2) is 14.3 Å². The third kappa shape index (κ3) is 3.45. The number of nitrogens with two attached hydrogens (primary N) is 1. The molecule has 1 saturated heterocycles. The van der Waals surface area contributed by atoms with Crippen molar-refractivity contribution in [3.05, 3.63) is 0 Å². The van der Waals surface area contributed by atoms with Crippen LogP contribution in [0.2, 0.25) is 0 Å². The normalized spacial score (nSPS) is 22.2. The molecule has 0 saturated carbocycles. The van der Waals surface area contributed by atoms with Gasteiger partial charge in [0.25, 0.3) is 0 Å². The minimum Gasteiger partial charge on any atom is -0.359 e. The fraction of sp³-hybridized carbons (Fsp3) is 0.833. The monoisotopic (exact) mass is 223 g/mol. The summed E-state index contributed by atoms with van der Waals surface area (Å²) in [6.07, 6.45) is 1.20. The minimum absolute atomic E-state index is 0.132. The summed E-state index contributed by atoms with van der Waals surface area (Å²) in [5, 5.41) is 3.30. The summed E-state index contributed by atoms with van der Waals surface area (Å²) in [6.45, 7) is 0. The summed E-state index contributed by atoms with van der Waals surface area (Å²) in [5.41, 5.74) is 2.30. The van der Waals surface area contributed by atoms with Gasteiger partial charge in [-0.3, -0.25) is 0 Å². The molecule has 1 rings (SSSR count). The molecule has 13 heavy (non-hydrogen) atoms. The van der Waals surface area contributed by atoms with Crippen LogP contribution in [0.3, 0.4) is 0 Å². The summed E-state index contributed by atoms with van der Waals surface area (Å²) < 4.78 is 22.1. The molecular weight excluding hydrogens is 210 g/mol. The Morgan fingerprint density at radius 1 is 1.38 bits per heavy atom. The van der Waals surface area contributed by atoms with Gasteiger partial charge in [0.2, 0.25) is 0 Å². The number of hydrazine groups is 1. The zero-order valence-corrected chi connectivity index (χ0v) is 8.75. The van der Waals surface area contributed by atoms with Crippen LogP contribution in [0.25, 0.3) is 0 Å². The van der Waals surface area contributed by atoms with Crippen LogP contribution >= 0.6 is 12.2 Å². The first kappa shape index (κ1) is 10.7. The lowest BCUT2D eigenvalue weighted by Crippen LogP contribution is -2.47. The molecule has 0 unspecified atom stereocenters. The average molecular weight is 223 g/mol. The van der Waals surface area contributed by atoms with Crippen molar-refractivity contribution >= 4 is 27.2 Å². The molecule has 1 heterocycles. The van der Waals surface area contributed by atoms with E-state index in [0.29, 0.717) is 18.0 Å². The smallest absolute Gasteiger partial charge is 0.180 e. The van der Waals surface area contributed by atoms with Crippen LogP contribution in [0.15, 0.2) is 0 Å². The van der Waals surface area contributed by atoms with E-state index in [1.54, 1.807) is 0 Å². The number of hydrogen-bond acceptors (Lipinski definition) is 4. The second-order valence-corrected chi connectivity index (χ2v) is 5.76. The number of thiocarbonyl (C=S) groups is 1. The van der Waals surface area contributed by atoms with E-state index in [0.717, 1.165) is 0 Å². The predicted octanol–water partition coefficient (Wildman–Crippen LogP) is -1.10. The fourth-order valence-electron chi connectivity index (χ4n) is 1.26. The summed E-state index contributed by atoms with van der Waals surface area (Å²) >= 11 is 4.80. The molecule has 4 N–H and O–H groups in total. The maximum Gasteiger partial charge on any atom is 0.180 e. The van der Waals surface area contributed by atoms with Crippen molar-refractivity contribution in [3.8, 4) is 0 Å². The molecule has 5 nitrogen and oxygen atoms in total. The Hall–Kier alpha value is -0.400. The lowest BCUT2D eigenvalue weighted by molar-refractivity contribution is 0.518. The molecule has 1 fully saturated rings. The first-order chi connectivity index (χ1) is 6.03. The maximum absolute atomic E-state index is 11.1. The summed E-state index contributed by atoms with van der Waals surface area (Å²) in [6, 6.07) is 0.132. The van der Waals surface area contributed by atoms with Crippen LogP contribution in [0, 0.1) is 0 Å². The maximum atomic E-state index is 11.1. The molecule has 1 aliphatic rings. The molecule has 7 heteroatoms. The highest BCUT2D eigenvalue weighted by molar-refractivity contribution is 7.91. The molecule has 0 amide bonds. The number of hydrogen-bond donors (Lipinski definition) is 3. The van der Waals surface area contributed by atoms with Gasteiger partial charge in [0.05, 0.1) is 11.5 Å². The van der Waals surface area contributed by atoms with Crippen LogP contribution < -0.4 is 16.6 Å². The van der Waals surface area contributed by atoms with E-state index in [4.69, 9.17) is 18.1 Å². The Kier molecular flexibility index (Phi) is 3.46. The molecule has 0 aliphatic carbocycles. The zero-order valence-electron chi connectivity index (χ0n) is 7.12. The van der Waals surface area contributed by atoms with Crippen molar-refractivity contribution in [2.24, 2.45) is 5.84 Å². The minimum atomic E-state index is -2.79. The molecular formula is C6H13N3O2S2. The third-order valence-electron chi connectivity index (χ3n) is 2.02. The highest BCUT2D eigenvalue weighted by Gasteiger charge is 2.23. The van der Waals surface area contributed by atoms with Gasteiger partial charge in [0.15, 0.2) is 5.11 Å². The van der Waals surface area contributed by atoms with Crippen LogP contribution in [0.5, 0.6) is 0 Å². The van der Waals surface area contributed by atoms with E-state index in [1.807, 2.05) is 0 Å². The van der Waals surface area contributed by atoms with E-state index in [2.05, 4.69) is 10.7 Å².